The molecule has 32 heavy (non-hydrogen) atoms. The van der Waals surface area contributed by atoms with Crippen LogP contribution in [0.25, 0.3) is 0 Å². The van der Waals surface area contributed by atoms with Crippen LogP contribution in [0.1, 0.15) is 70.3 Å². The first-order chi connectivity index (χ1) is 15.4. The summed E-state index contributed by atoms with van der Waals surface area (Å²) < 4.78 is 11.8. The van der Waals surface area contributed by atoms with Crippen molar-refractivity contribution in [2.75, 3.05) is 33.3 Å². The van der Waals surface area contributed by atoms with E-state index in [0.717, 1.165) is 57.9 Å². The molecule has 1 saturated heterocycles. The minimum absolute atomic E-state index is 0.123. The lowest BCUT2D eigenvalue weighted by molar-refractivity contribution is -0.891. The standard InChI is InChI=1S/C26H40NO5/c1-3-4-5-11-18-31-24(28)20-27(2)17-16-23(19-27)32-25(29)26(30,22-14-9-10-15-22)21-12-7-6-8-13-21/h6-8,12-13,22-23,30H,3-5,9-11,14-20H2,1-2H3/q+1/t23-,26-,27-/m0/s1. The van der Waals surface area contributed by atoms with Crippen molar-refractivity contribution in [1.29, 1.82) is 0 Å². The first-order valence-electron chi connectivity index (χ1n) is 12.4. The molecule has 0 spiro atoms. The Bertz CT molecular complexity index is 748. The molecule has 6 heteroatoms. The molecule has 0 aromatic heterocycles. The van der Waals surface area contributed by atoms with Gasteiger partial charge in [0.1, 0.15) is 6.54 Å². The van der Waals surface area contributed by atoms with E-state index in [2.05, 4.69) is 6.92 Å². The van der Waals surface area contributed by atoms with Gasteiger partial charge in [0, 0.05) is 12.3 Å². The van der Waals surface area contributed by atoms with Crippen molar-refractivity contribution in [3.05, 3.63) is 35.9 Å². The fourth-order valence-electron chi connectivity index (χ4n) is 5.24. The van der Waals surface area contributed by atoms with E-state index in [1.165, 1.54) is 0 Å². The number of carbonyl (C=O) groups excluding carboxylic acids is 2. The Morgan fingerprint density at radius 2 is 1.81 bits per heavy atom. The highest BCUT2D eigenvalue weighted by Crippen LogP contribution is 2.42. The number of aliphatic hydroxyl groups is 1. The lowest BCUT2D eigenvalue weighted by atomic mass is 9.80. The van der Waals surface area contributed by atoms with Gasteiger partial charge in [-0.1, -0.05) is 69.4 Å². The van der Waals surface area contributed by atoms with Gasteiger partial charge in [-0.25, -0.2) is 9.59 Å². The summed E-state index contributed by atoms with van der Waals surface area (Å²) >= 11 is 0. The van der Waals surface area contributed by atoms with Crippen LogP contribution in [0.3, 0.4) is 0 Å². The summed E-state index contributed by atoms with van der Waals surface area (Å²) in [6.07, 6.45) is 8.37. The smallest absolute Gasteiger partial charge is 0.361 e. The third-order valence-electron chi connectivity index (χ3n) is 7.15. The summed E-state index contributed by atoms with van der Waals surface area (Å²) in [7, 11) is 2.01. The first-order valence-corrected chi connectivity index (χ1v) is 12.4. The number of esters is 2. The van der Waals surface area contributed by atoms with Crippen molar-refractivity contribution in [3.8, 4) is 0 Å². The van der Waals surface area contributed by atoms with Gasteiger partial charge < -0.3 is 19.1 Å². The van der Waals surface area contributed by atoms with E-state index in [1.807, 2.05) is 37.4 Å². The molecule has 1 aromatic rings. The summed E-state index contributed by atoms with van der Waals surface area (Å²) in [5, 5.41) is 11.6. The summed E-state index contributed by atoms with van der Waals surface area (Å²) in [5.41, 5.74) is -1.000. The number of quaternary nitrogens is 1. The van der Waals surface area contributed by atoms with E-state index in [9.17, 15) is 14.7 Å². The number of likely N-dealkylation sites (tertiary alicyclic amines) is 1. The number of ether oxygens (including phenoxy) is 2. The quantitative estimate of drug-likeness (QED) is 0.317. The number of carbonyl (C=O) groups is 2. The highest BCUT2D eigenvalue weighted by molar-refractivity contribution is 5.81. The highest BCUT2D eigenvalue weighted by atomic mass is 16.6. The van der Waals surface area contributed by atoms with Gasteiger partial charge in [-0.3, -0.25) is 0 Å². The highest BCUT2D eigenvalue weighted by Gasteiger charge is 2.50. The summed E-state index contributed by atoms with van der Waals surface area (Å²) in [6.45, 7) is 4.22. The van der Waals surface area contributed by atoms with Crippen molar-refractivity contribution in [2.24, 2.45) is 5.92 Å². The minimum atomic E-state index is -1.61. The molecule has 1 aliphatic heterocycles. The Morgan fingerprint density at radius 1 is 1.09 bits per heavy atom. The van der Waals surface area contributed by atoms with Crippen molar-refractivity contribution < 1.29 is 28.7 Å². The van der Waals surface area contributed by atoms with Crippen LogP contribution in [0.2, 0.25) is 0 Å². The third-order valence-corrected chi connectivity index (χ3v) is 7.15. The molecular formula is C26H40NO5+. The van der Waals surface area contributed by atoms with Crippen LogP contribution in [0.4, 0.5) is 0 Å². The van der Waals surface area contributed by atoms with Crippen molar-refractivity contribution >= 4 is 11.9 Å². The van der Waals surface area contributed by atoms with Crippen LogP contribution in [-0.2, 0) is 24.7 Å². The zero-order valence-electron chi connectivity index (χ0n) is 19.8. The zero-order chi connectivity index (χ0) is 23.0. The van der Waals surface area contributed by atoms with Gasteiger partial charge in [0.05, 0.1) is 20.2 Å². The van der Waals surface area contributed by atoms with E-state index in [-0.39, 0.29) is 24.5 Å². The van der Waals surface area contributed by atoms with E-state index < -0.39 is 11.6 Å². The molecule has 0 unspecified atom stereocenters. The van der Waals surface area contributed by atoms with Gasteiger partial charge in [-0.2, -0.15) is 0 Å². The van der Waals surface area contributed by atoms with E-state index in [1.54, 1.807) is 0 Å². The summed E-state index contributed by atoms with van der Waals surface area (Å²) in [6, 6.07) is 9.20. The Hall–Kier alpha value is -1.92. The van der Waals surface area contributed by atoms with Gasteiger partial charge in [-0.15, -0.1) is 0 Å². The Kier molecular flexibility index (Phi) is 8.72. The average Bonchev–Trinajstić information content (AvgIpc) is 3.44. The topological polar surface area (TPSA) is 72.8 Å². The van der Waals surface area contributed by atoms with Crippen molar-refractivity contribution in [3.63, 3.8) is 0 Å². The molecule has 1 aromatic carbocycles. The van der Waals surface area contributed by atoms with Gasteiger partial charge in [0.25, 0.3) is 0 Å². The molecule has 0 radical (unpaired) electrons. The van der Waals surface area contributed by atoms with Crippen molar-refractivity contribution in [1.82, 2.24) is 0 Å². The zero-order valence-corrected chi connectivity index (χ0v) is 19.8. The Balaban J connectivity index is 1.56. The number of hydrogen-bond donors (Lipinski definition) is 1. The average molecular weight is 447 g/mol. The van der Waals surface area contributed by atoms with Gasteiger partial charge in [0.15, 0.2) is 18.2 Å². The van der Waals surface area contributed by atoms with Gasteiger partial charge in [0.2, 0.25) is 0 Å². The van der Waals surface area contributed by atoms with Crippen LogP contribution in [0, 0.1) is 5.92 Å². The molecule has 2 aliphatic rings. The Morgan fingerprint density at radius 3 is 2.50 bits per heavy atom. The second-order valence-corrected chi connectivity index (χ2v) is 9.89. The number of unbranched alkanes of at least 4 members (excludes halogenated alkanes) is 3. The monoisotopic (exact) mass is 446 g/mol. The number of hydrogen-bond acceptors (Lipinski definition) is 5. The maximum atomic E-state index is 13.3. The molecule has 0 bridgehead atoms. The van der Waals surface area contributed by atoms with E-state index in [0.29, 0.717) is 29.6 Å². The molecule has 1 aliphatic carbocycles. The molecule has 0 amide bonds. The van der Waals surface area contributed by atoms with Crippen LogP contribution < -0.4 is 0 Å². The number of rotatable bonds is 11. The number of nitrogens with zero attached hydrogens (tertiary/aromatic N) is 1. The lowest BCUT2D eigenvalue weighted by Crippen LogP contribution is -2.48. The summed E-state index contributed by atoms with van der Waals surface area (Å²) in [4.78, 5) is 25.6. The van der Waals surface area contributed by atoms with Crippen LogP contribution in [-0.4, -0.2) is 60.9 Å². The van der Waals surface area contributed by atoms with Gasteiger partial charge >= 0.3 is 11.9 Å². The summed E-state index contributed by atoms with van der Waals surface area (Å²) in [5.74, 6) is -0.863. The molecule has 6 nitrogen and oxygen atoms in total. The van der Waals surface area contributed by atoms with Crippen LogP contribution in [0.5, 0.6) is 0 Å². The molecule has 2 fully saturated rings. The largest absolute Gasteiger partial charge is 0.462 e. The number of benzene rings is 1. The second kappa shape index (κ2) is 11.3. The van der Waals surface area contributed by atoms with Gasteiger partial charge in [-0.05, 0) is 24.8 Å². The lowest BCUT2D eigenvalue weighted by Gasteiger charge is -2.33. The first kappa shape index (κ1) is 24.7. The number of likely N-dealkylation sites (N-methyl/N-ethyl adjacent to an activating group) is 1. The van der Waals surface area contributed by atoms with E-state index >= 15 is 0 Å². The molecule has 178 valence electrons. The van der Waals surface area contributed by atoms with Crippen molar-refractivity contribution in [2.45, 2.75) is 76.4 Å². The molecule has 1 saturated carbocycles. The molecule has 1 heterocycles. The predicted octanol–water partition coefficient (Wildman–Crippen LogP) is 3.95. The molecule has 3 atom stereocenters. The Labute approximate surface area is 192 Å². The van der Waals surface area contributed by atoms with E-state index in [4.69, 9.17) is 9.47 Å². The van der Waals surface area contributed by atoms with Crippen LogP contribution in [0.15, 0.2) is 30.3 Å². The normalized spacial score (nSPS) is 25.4. The maximum Gasteiger partial charge on any atom is 0.361 e. The maximum absolute atomic E-state index is 13.3. The fraction of sp³-hybridized carbons (Fsp3) is 0.692. The predicted molar refractivity (Wildman–Crippen MR) is 123 cm³/mol. The molecule has 1 N–H and O–H groups in total. The second-order valence-electron chi connectivity index (χ2n) is 9.89. The SMILES string of the molecule is CCCCCCOC(=O)C[N@@+]1(C)CC[C@H](OC(=O)[C@](O)(c2ccccc2)C2CCCC2)C1. The minimum Gasteiger partial charge on any atom is -0.462 e. The molecule has 3 rings (SSSR count). The molecular weight excluding hydrogens is 406 g/mol. The fourth-order valence-corrected chi connectivity index (χ4v) is 5.24. The third kappa shape index (κ3) is 6.10. The van der Waals surface area contributed by atoms with Crippen LogP contribution >= 0.6 is 0 Å².